The van der Waals surface area contributed by atoms with E-state index in [1.165, 1.54) is 6.07 Å². The number of nitrogens with zero attached hydrogens (tertiary/aromatic N) is 2. The maximum Gasteiger partial charge on any atom is 0.410 e. The highest BCUT2D eigenvalue weighted by atomic mass is 127. The first-order valence-corrected chi connectivity index (χ1v) is 8.96. The highest BCUT2D eigenvalue weighted by Crippen LogP contribution is 2.24. The van der Waals surface area contributed by atoms with Crippen LogP contribution in [0.25, 0.3) is 0 Å². The van der Waals surface area contributed by atoms with Crippen LogP contribution < -0.4 is 0 Å². The van der Waals surface area contributed by atoms with Crippen molar-refractivity contribution in [2.45, 2.75) is 26.4 Å². The van der Waals surface area contributed by atoms with Gasteiger partial charge in [-0.25, -0.2) is 9.18 Å². The fourth-order valence-corrected chi connectivity index (χ4v) is 2.97. The lowest BCUT2D eigenvalue weighted by atomic mass is 10.1. The van der Waals surface area contributed by atoms with Crippen LogP contribution in [0.15, 0.2) is 12.1 Å². The number of piperazine rings is 1. The summed E-state index contributed by atoms with van der Waals surface area (Å²) in [6.45, 7) is 6.95. The van der Waals surface area contributed by atoms with Gasteiger partial charge in [0.1, 0.15) is 11.4 Å². The van der Waals surface area contributed by atoms with Crippen LogP contribution >= 0.6 is 34.2 Å². The summed E-state index contributed by atoms with van der Waals surface area (Å²) in [7, 11) is 0. The molecule has 0 unspecified atom stereocenters. The molecule has 1 aromatic carbocycles. The third kappa shape index (κ3) is 4.72. The number of carbonyl (C=O) groups is 2. The molecule has 2 amide bonds. The van der Waals surface area contributed by atoms with Crippen LogP contribution in [0.3, 0.4) is 0 Å². The van der Waals surface area contributed by atoms with Crippen LogP contribution in [0.5, 0.6) is 0 Å². The van der Waals surface area contributed by atoms with Crippen molar-refractivity contribution in [3.8, 4) is 0 Å². The van der Waals surface area contributed by atoms with Gasteiger partial charge in [0.2, 0.25) is 0 Å². The van der Waals surface area contributed by atoms with Crippen LogP contribution in [0.4, 0.5) is 9.18 Å². The minimum Gasteiger partial charge on any atom is -0.444 e. The molecular weight excluding hydrogens is 450 g/mol. The smallest absolute Gasteiger partial charge is 0.410 e. The Kier molecular flexibility index (Phi) is 5.95. The first-order valence-electron chi connectivity index (χ1n) is 7.50. The van der Waals surface area contributed by atoms with Crippen LogP contribution in [0.2, 0.25) is 5.02 Å². The van der Waals surface area contributed by atoms with Crippen molar-refractivity contribution in [1.29, 1.82) is 0 Å². The molecule has 0 aliphatic carbocycles. The van der Waals surface area contributed by atoms with Gasteiger partial charge < -0.3 is 14.5 Å². The third-order valence-electron chi connectivity index (χ3n) is 3.46. The summed E-state index contributed by atoms with van der Waals surface area (Å²) >= 11 is 7.81. The Hall–Kier alpha value is -1.09. The first kappa shape index (κ1) is 19.2. The maximum atomic E-state index is 13.5. The summed E-state index contributed by atoms with van der Waals surface area (Å²) in [5, 5.41) is 0.0903. The van der Waals surface area contributed by atoms with E-state index in [-0.39, 0.29) is 22.6 Å². The predicted octanol–water partition coefficient (Wildman–Crippen LogP) is 3.78. The Bertz CT molecular complexity index is 655. The Morgan fingerprint density at radius 1 is 1.17 bits per heavy atom. The quantitative estimate of drug-likeness (QED) is 0.466. The van der Waals surface area contributed by atoms with Crippen molar-refractivity contribution in [2.24, 2.45) is 0 Å². The van der Waals surface area contributed by atoms with Gasteiger partial charge in [-0.15, -0.1) is 0 Å². The number of amides is 2. The van der Waals surface area contributed by atoms with Gasteiger partial charge in [0.05, 0.1) is 10.6 Å². The van der Waals surface area contributed by atoms with Crippen molar-refractivity contribution in [3.05, 3.63) is 32.1 Å². The molecule has 0 aromatic heterocycles. The number of carbonyl (C=O) groups excluding carboxylic acids is 2. The molecule has 0 radical (unpaired) electrons. The molecule has 0 bridgehead atoms. The van der Waals surface area contributed by atoms with Crippen molar-refractivity contribution >= 4 is 46.2 Å². The molecule has 1 saturated heterocycles. The normalized spacial score (nSPS) is 15.4. The van der Waals surface area contributed by atoms with E-state index in [4.69, 9.17) is 16.3 Å². The topological polar surface area (TPSA) is 49.9 Å². The average molecular weight is 469 g/mol. The summed E-state index contributed by atoms with van der Waals surface area (Å²) in [6, 6.07) is 2.59. The molecule has 1 fully saturated rings. The van der Waals surface area contributed by atoms with Gasteiger partial charge in [-0.1, -0.05) is 11.6 Å². The third-order valence-corrected chi connectivity index (χ3v) is 4.60. The summed E-state index contributed by atoms with van der Waals surface area (Å²) in [4.78, 5) is 27.8. The molecule has 0 atom stereocenters. The van der Waals surface area contributed by atoms with Gasteiger partial charge in [0.15, 0.2) is 0 Å². The van der Waals surface area contributed by atoms with E-state index in [0.717, 1.165) is 6.07 Å². The molecule has 1 aliphatic heterocycles. The van der Waals surface area contributed by atoms with Gasteiger partial charge in [-0.05, 0) is 55.5 Å². The van der Waals surface area contributed by atoms with Gasteiger partial charge in [0.25, 0.3) is 5.91 Å². The van der Waals surface area contributed by atoms with Crippen molar-refractivity contribution in [3.63, 3.8) is 0 Å². The largest absolute Gasteiger partial charge is 0.444 e. The van der Waals surface area contributed by atoms with Crippen LogP contribution in [-0.2, 0) is 4.74 Å². The predicted molar refractivity (Wildman–Crippen MR) is 97.8 cm³/mol. The number of benzene rings is 1. The Morgan fingerprint density at radius 3 is 2.25 bits per heavy atom. The van der Waals surface area contributed by atoms with Crippen LogP contribution in [0, 0.1) is 9.39 Å². The zero-order valence-corrected chi connectivity index (χ0v) is 16.6. The Balaban J connectivity index is 2.01. The number of hydrogen-bond acceptors (Lipinski definition) is 3. The van der Waals surface area contributed by atoms with Crippen molar-refractivity contribution in [1.82, 2.24) is 9.80 Å². The number of halogens is 3. The number of rotatable bonds is 1. The van der Waals surface area contributed by atoms with Crippen molar-refractivity contribution in [2.75, 3.05) is 26.2 Å². The zero-order chi connectivity index (χ0) is 18.1. The first-order chi connectivity index (χ1) is 11.1. The lowest BCUT2D eigenvalue weighted by Gasteiger charge is -2.35. The van der Waals surface area contributed by atoms with Crippen LogP contribution in [0.1, 0.15) is 31.1 Å². The fourth-order valence-electron chi connectivity index (χ4n) is 2.28. The molecule has 8 heteroatoms. The van der Waals surface area contributed by atoms with Gasteiger partial charge in [-0.2, -0.15) is 0 Å². The van der Waals surface area contributed by atoms with Crippen LogP contribution in [-0.4, -0.2) is 53.6 Å². The second kappa shape index (κ2) is 7.43. The van der Waals surface area contributed by atoms with E-state index >= 15 is 0 Å². The molecule has 0 spiro atoms. The summed E-state index contributed by atoms with van der Waals surface area (Å²) in [5.74, 6) is -0.714. The second-order valence-corrected chi connectivity index (χ2v) is 8.08. The summed E-state index contributed by atoms with van der Waals surface area (Å²) in [5.41, 5.74) is -0.282. The highest BCUT2D eigenvalue weighted by molar-refractivity contribution is 14.1. The summed E-state index contributed by atoms with van der Waals surface area (Å²) < 4.78 is 19.1. The molecule has 0 N–H and O–H groups in total. The molecule has 1 aromatic rings. The molecule has 1 heterocycles. The lowest BCUT2D eigenvalue weighted by molar-refractivity contribution is 0.0141. The Labute approximate surface area is 159 Å². The monoisotopic (exact) mass is 468 g/mol. The van der Waals surface area contributed by atoms with E-state index in [0.29, 0.717) is 29.7 Å². The maximum absolute atomic E-state index is 13.5. The Morgan fingerprint density at radius 2 is 1.71 bits per heavy atom. The minimum atomic E-state index is -0.553. The van der Waals surface area contributed by atoms with E-state index in [1.807, 2.05) is 43.4 Å². The molecule has 5 nitrogen and oxygen atoms in total. The van der Waals surface area contributed by atoms with Crippen molar-refractivity contribution < 1.29 is 18.7 Å². The standard InChI is InChI=1S/C16H19ClFIN2O3/c1-16(2,3)24-15(23)21-6-4-20(5-7-21)14(22)10-8-13(19)12(18)9-11(10)17/h8-9H,4-7H2,1-3H3. The highest BCUT2D eigenvalue weighted by Gasteiger charge is 2.29. The SMILES string of the molecule is CC(C)(C)OC(=O)N1CCN(C(=O)c2cc(I)c(F)cc2Cl)CC1. The average Bonchev–Trinajstić information content (AvgIpc) is 2.49. The summed E-state index contributed by atoms with van der Waals surface area (Å²) in [6.07, 6.45) is -0.385. The molecule has 1 aliphatic rings. The molecular formula is C16H19ClFIN2O3. The van der Waals surface area contributed by atoms with Gasteiger partial charge in [-0.3, -0.25) is 4.79 Å². The molecule has 24 heavy (non-hydrogen) atoms. The number of hydrogen-bond donors (Lipinski definition) is 0. The minimum absolute atomic E-state index is 0.0903. The molecule has 0 saturated carbocycles. The molecule has 2 rings (SSSR count). The van der Waals surface area contributed by atoms with Gasteiger partial charge >= 0.3 is 6.09 Å². The van der Waals surface area contributed by atoms with E-state index in [1.54, 1.807) is 9.80 Å². The van der Waals surface area contributed by atoms with E-state index in [2.05, 4.69) is 0 Å². The number of ether oxygens (including phenoxy) is 1. The fraction of sp³-hybridized carbons (Fsp3) is 0.500. The second-order valence-electron chi connectivity index (χ2n) is 6.51. The van der Waals surface area contributed by atoms with Gasteiger partial charge in [0, 0.05) is 29.7 Å². The van der Waals surface area contributed by atoms with E-state index in [9.17, 15) is 14.0 Å². The van der Waals surface area contributed by atoms with E-state index < -0.39 is 11.4 Å². The molecule has 132 valence electrons. The zero-order valence-electron chi connectivity index (χ0n) is 13.7. The lowest BCUT2D eigenvalue weighted by Crippen LogP contribution is -2.51.